The number of pyridine rings is 7. The van der Waals surface area contributed by atoms with Crippen molar-refractivity contribution in [2.24, 2.45) is 5.41 Å². The molecule has 0 spiro atoms. The van der Waals surface area contributed by atoms with E-state index in [1.54, 1.807) is 48.1 Å². The number of nitrogens with one attached hydrogen (secondary N) is 7. The number of aryl methyl sites for hydroxylation is 7. The molecular weight excluding hydrogens is 1890 g/mol. The predicted octanol–water partition coefficient (Wildman–Crippen LogP) is 16.8. The third-order valence-electron chi connectivity index (χ3n) is 23.6. The Kier molecular flexibility index (Phi) is 28.6. The second-order valence-corrected chi connectivity index (χ2v) is 37.4. The van der Waals surface area contributed by atoms with Gasteiger partial charge in [-0.15, -0.1) is 0 Å². The van der Waals surface area contributed by atoms with Crippen molar-refractivity contribution in [3.8, 4) is 0 Å². The molecule has 30 nitrogen and oxygen atoms in total. The minimum absolute atomic E-state index is 0.00146. The molecule has 10 N–H and O–H groups in total. The van der Waals surface area contributed by atoms with Gasteiger partial charge in [-0.05, 0) is 187 Å². The van der Waals surface area contributed by atoms with E-state index < -0.39 is 0 Å². The SMILES string of the molecule is CN(C)CCn1c(=O)c2c(CO)[nH]nc2c2cc(Br)ccc21.Cc1[nH]nc2c1c(=O)n(CC(C)(C)CO)c1ccccc21.Cc1[nH]nc2c1c(=O)n(CCCNCc1cc(Cl)cc(Cl)c1)c1ccccc21.Cc1[nH]nc2c1c(=O)n(CCCO)c1ccccc21.Cc1[nH]nc2c1c(=O)n(Cc1cccnc1)c1ccc(Br)cc21.Cc1[nH]nc2c1c(=O)n(Cc1ccsc1)c1ccccc21. The van der Waals surface area contributed by atoms with E-state index in [1.165, 1.54) is 0 Å². The Morgan fingerprint density at radius 1 is 0.425 bits per heavy atom. The van der Waals surface area contributed by atoms with Gasteiger partial charge in [-0.2, -0.15) is 41.9 Å². The van der Waals surface area contributed by atoms with E-state index >= 15 is 0 Å². The summed E-state index contributed by atoms with van der Waals surface area (Å²) >= 11 is 20.7. The summed E-state index contributed by atoms with van der Waals surface area (Å²) in [6, 6.07) is 54.4. The zero-order valence-corrected chi connectivity index (χ0v) is 80.3. The van der Waals surface area contributed by atoms with Gasteiger partial charge < -0.3 is 52.9 Å². The molecule has 21 aromatic rings. The summed E-state index contributed by atoms with van der Waals surface area (Å²) in [5.74, 6) is 0. The summed E-state index contributed by atoms with van der Waals surface area (Å²) in [6.07, 6.45) is 4.89. The normalized spacial score (nSPS) is 11.7. The first kappa shape index (κ1) is 94.0. The maximum Gasteiger partial charge on any atom is 0.262 e. The first-order valence-corrected chi connectivity index (χ1v) is 46.7. The number of H-pyrrole nitrogens is 6. The third-order valence-corrected chi connectivity index (χ3v) is 25.7. The van der Waals surface area contributed by atoms with Gasteiger partial charge in [0.1, 0.15) is 33.1 Å². The van der Waals surface area contributed by atoms with Crippen molar-refractivity contribution in [1.82, 2.24) is 104 Å². The molecule has 0 aliphatic heterocycles. The summed E-state index contributed by atoms with van der Waals surface area (Å²) in [5.41, 5.74) is 16.5. The van der Waals surface area contributed by atoms with Crippen LogP contribution in [0.3, 0.4) is 0 Å². The second kappa shape index (κ2) is 40.7. The third kappa shape index (κ3) is 19.2. The molecule has 0 bridgehead atoms. The van der Waals surface area contributed by atoms with Crippen molar-refractivity contribution in [2.75, 3.05) is 40.4 Å². The van der Waals surface area contributed by atoms with Crippen molar-refractivity contribution >= 4 is 197 Å². The molecule has 35 heteroatoms. The fraction of sp³-hybridized carbons (Fsp3) is 0.242. The average Bonchev–Trinajstić information content (AvgIpc) is 1.59. The number of hydrogen-bond acceptors (Lipinski definition) is 19. The summed E-state index contributed by atoms with van der Waals surface area (Å²) in [4.78, 5) is 83.3. The summed E-state index contributed by atoms with van der Waals surface area (Å²) in [6.45, 7) is 18.5. The fourth-order valence-corrected chi connectivity index (χ4v) is 19.0. The number of rotatable bonds is 20. The highest BCUT2D eigenvalue weighted by molar-refractivity contribution is 9.10. The number of benzene rings is 7. The van der Waals surface area contributed by atoms with Gasteiger partial charge in [-0.3, -0.25) is 64.3 Å². The molecule has 0 aliphatic rings. The Morgan fingerprint density at radius 3 is 1.25 bits per heavy atom. The van der Waals surface area contributed by atoms with Crippen molar-refractivity contribution < 1.29 is 15.3 Å². The minimum Gasteiger partial charge on any atom is -0.396 e. The predicted molar refractivity (Wildman–Crippen MR) is 543 cm³/mol. The molecule has 0 aliphatic carbocycles. The van der Waals surface area contributed by atoms with Crippen molar-refractivity contribution in [2.45, 2.75) is 114 Å². The molecule has 0 saturated heterocycles. The lowest BCUT2D eigenvalue weighted by Crippen LogP contribution is -2.31. The van der Waals surface area contributed by atoms with Gasteiger partial charge in [0.25, 0.3) is 33.4 Å². The molecule has 14 heterocycles. The molecular formula is C99H97Br2Cl2N21O9S. The lowest BCUT2D eigenvalue weighted by molar-refractivity contribution is 0.141. The first-order chi connectivity index (χ1) is 64.6. The van der Waals surface area contributed by atoms with Crippen LogP contribution in [0.2, 0.25) is 10.0 Å². The fourth-order valence-electron chi connectivity index (χ4n) is 17.0. The van der Waals surface area contributed by atoms with Gasteiger partial charge in [-0.1, -0.05) is 148 Å². The van der Waals surface area contributed by atoms with E-state index in [-0.39, 0.29) is 58.6 Å². The standard InChI is InChI=1S/C21H20Cl2N4O.C17H13BrN4O.C16H19N3O2.C16H13N3OS.C15H17BrN4O2.C14H15N3O2/c1-13-19-20(26-25-13)17-5-2-3-6-18(17)27(21(19)28)8-4-7-24-12-14-9-15(22)11-16(23)10-14;1-10-15-16(21-20-10)13-7-12(18)4-5-14(13)22(17(15)23)9-11-3-2-6-19-8-11;1-10-13-14(18-17-10)11-6-4-5-7-12(11)19(15(13)21)8-16(2,3)9-20;1-10-14-15(18-17-10)12-4-2-3-5-13(12)19(16(14)20)8-11-6-7-21-9-11;1-19(2)5-6-20-12-4-3-9(16)7-10(12)14-13(15(20)22)11(8-21)17-18-14;1-9-12-13(16-15-9)10-5-2-3-6-11(10)17(14(12)19)7-4-8-18/h2-3,5-6,9-11,24H,4,7-8,12H2,1H3,(H,25,26);2-8H,9H2,1H3,(H,20,21);4-7,20H,8-9H2,1-3H3,(H,17,18);2-7,9H,8H2,1H3,(H,17,18);3-4,7,21H,5-6,8H2,1-2H3,(H,17,18);2-3,5-6,18H,4,7-8H2,1H3,(H,15,16). The maximum absolute atomic E-state index is 13.0. The summed E-state index contributed by atoms with van der Waals surface area (Å²) in [5, 5.41) is 89.2. The number of thiophene rings is 1. The van der Waals surface area contributed by atoms with Crippen LogP contribution in [-0.2, 0) is 52.4 Å². The molecule has 134 heavy (non-hydrogen) atoms. The maximum atomic E-state index is 13.0. The molecule has 0 radical (unpaired) electrons. The molecule has 0 fully saturated rings. The zero-order valence-electron chi connectivity index (χ0n) is 74.8. The second-order valence-electron chi connectivity index (χ2n) is 33.9. The number of fused-ring (bicyclic) bond motifs is 18. The van der Waals surface area contributed by atoms with Crippen molar-refractivity contribution in [3.05, 3.63) is 325 Å². The van der Waals surface area contributed by atoms with E-state index in [1.807, 2.05) is 240 Å². The highest BCUT2D eigenvalue weighted by Crippen LogP contribution is 2.33. The van der Waals surface area contributed by atoms with Crippen LogP contribution in [0.1, 0.15) is 77.5 Å². The number of para-hydroxylation sites is 4. The van der Waals surface area contributed by atoms with Crippen LogP contribution >= 0.6 is 66.4 Å². The van der Waals surface area contributed by atoms with Crippen LogP contribution in [0.15, 0.2) is 231 Å². The van der Waals surface area contributed by atoms with Crippen LogP contribution in [0.25, 0.3) is 131 Å². The van der Waals surface area contributed by atoms with E-state index in [2.05, 4.69) is 115 Å². The lowest BCUT2D eigenvalue weighted by atomic mass is 9.94. The molecule has 7 aromatic carbocycles. The highest BCUT2D eigenvalue weighted by Gasteiger charge is 2.26. The molecule has 686 valence electrons. The van der Waals surface area contributed by atoms with Gasteiger partial charge in [0.2, 0.25) is 0 Å². The minimum atomic E-state index is -0.363. The number of halogens is 4. The van der Waals surface area contributed by atoms with E-state index in [9.17, 15) is 39.0 Å². The Balaban J connectivity index is 0.000000117. The number of aliphatic hydroxyl groups excluding tert-OH is 3. The van der Waals surface area contributed by atoms with Gasteiger partial charge >= 0.3 is 0 Å². The topological polar surface area (TPSA) is 393 Å². The number of aromatic amines is 6. The van der Waals surface area contributed by atoms with Gasteiger partial charge in [0.05, 0.1) is 90.8 Å². The Morgan fingerprint density at radius 2 is 0.813 bits per heavy atom. The first-order valence-electron chi connectivity index (χ1n) is 43.4. The number of hydrogen-bond donors (Lipinski definition) is 10. The zero-order chi connectivity index (χ0) is 94.5. The summed E-state index contributed by atoms with van der Waals surface area (Å²) < 4.78 is 12.6. The van der Waals surface area contributed by atoms with Crippen LogP contribution in [-0.4, -0.2) is 154 Å². The number of aliphatic hydroxyl groups is 3. The Hall–Kier alpha value is -13.2. The van der Waals surface area contributed by atoms with Gasteiger partial charge in [0, 0.05) is 150 Å². The quantitative estimate of drug-likeness (QED) is 0.0317. The highest BCUT2D eigenvalue weighted by atomic mass is 79.9. The number of likely N-dealkylation sites (N-methyl/N-ethyl adjacent to an activating group) is 1. The Labute approximate surface area is 795 Å². The van der Waals surface area contributed by atoms with Crippen LogP contribution < -0.4 is 38.7 Å². The molecule has 0 saturated carbocycles. The largest absolute Gasteiger partial charge is 0.396 e. The Bertz CT molecular complexity index is 8350. The summed E-state index contributed by atoms with van der Waals surface area (Å²) in [7, 11) is 3.94. The average molecular weight is 1990 g/mol. The smallest absolute Gasteiger partial charge is 0.262 e. The van der Waals surface area contributed by atoms with Gasteiger partial charge in [-0.25, -0.2) is 0 Å². The molecule has 0 unspecified atom stereocenters. The van der Waals surface area contributed by atoms with Crippen LogP contribution in [0.4, 0.5) is 0 Å². The lowest BCUT2D eigenvalue weighted by Gasteiger charge is -2.24. The molecule has 14 aromatic heterocycles. The van der Waals surface area contributed by atoms with Crippen LogP contribution in [0.5, 0.6) is 0 Å². The molecule has 0 atom stereocenters. The van der Waals surface area contributed by atoms with E-state index in [4.69, 9.17) is 28.3 Å². The van der Waals surface area contributed by atoms with E-state index in [0.29, 0.717) is 117 Å². The molecule has 0 amide bonds. The van der Waals surface area contributed by atoms with Crippen LogP contribution in [0, 0.1) is 40.0 Å². The van der Waals surface area contributed by atoms with Crippen molar-refractivity contribution in [3.63, 3.8) is 0 Å². The van der Waals surface area contributed by atoms with E-state index in [0.717, 1.165) is 156 Å². The van der Waals surface area contributed by atoms with Gasteiger partial charge in [0.15, 0.2) is 0 Å². The monoisotopic (exact) mass is 1980 g/mol. The van der Waals surface area contributed by atoms with Crippen molar-refractivity contribution in [1.29, 1.82) is 0 Å². The number of nitrogens with zero attached hydrogens (tertiary/aromatic N) is 14. The molecule has 21 rings (SSSR count). The number of aromatic nitrogens is 19.